The molecule has 0 aliphatic carbocycles. The Kier molecular flexibility index (Phi) is 5.08. The molecular weight excluding hydrogens is 325 g/mol. The van der Waals surface area contributed by atoms with Crippen LogP contribution >= 0.6 is 0 Å². The van der Waals surface area contributed by atoms with E-state index in [2.05, 4.69) is 5.32 Å². The number of nitrogens with one attached hydrogen (secondary N) is 2. The summed E-state index contributed by atoms with van der Waals surface area (Å²) in [6, 6.07) is 11.8. The van der Waals surface area contributed by atoms with Gasteiger partial charge in [-0.2, -0.15) is 13.2 Å². The molecule has 24 heavy (non-hydrogen) atoms. The average Bonchev–Trinajstić information content (AvgIpc) is 2.54. The van der Waals surface area contributed by atoms with Gasteiger partial charge in [-0.3, -0.25) is 9.59 Å². The molecule has 0 atom stereocenters. The molecule has 0 aromatic heterocycles. The van der Waals surface area contributed by atoms with Crippen LogP contribution in [0.1, 0.15) is 10.4 Å². The Labute approximate surface area is 135 Å². The Hall–Kier alpha value is -3.03. The fourth-order valence-corrected chi connectivity index (χ4v) is 1.84. The summed E-state index contributed by atoms with van der Waals surface area (Å²) >= 11 is 0. The number of methoxy groups -OCH3 is 1. The number of benzene rings is 2. The molecule has 2 aromatic carbocycles. The third kappa shape index (κ3) is 4.48. The van der Waals surface area contributed by atoms with Gasteiger partial charge in [0.2, 0.25) is 0 Å². The summed E-state index contributed by atoms with van der Waals surface area (Å²) in [5.74, 6) is -2.05. The van der Waals surface area contributed by atoms with E-state index in [1.807, 2.05) is 0 Å². The lowest BCUT2D eigenvalue weighted by Crippen LogP contribution is -2.29. The van der Waals surface area contributed by atoms with Crippen LogP contribution in [0.2, 0.25) is 0 Å². The molecule has 0 aliphatic heterocycles. The molecule has 0 radical (unpaired) electrons. The van der Waals surface area contributed by atoms with Gasteiger partial charge in [0.25, 0.3) is 5.91 Å². The number of amides is 2. The van der Waals surface area contributed by atoms with E-state index in [1.165, 1.54) is 37.4 Å². The number of carbonyl (C=O) groups excluding carboxylic acids is 2. The van der Waals surface area contributed by atoms with Crippen molar-refractivity contribution in [1.82, 2.24) is 0 Å². The standard InChI is InChI=1S/C16H13F3N2O3/c1-24-13-7-2-4-10(8-13)14(22)20-11-5-3-6-12(9-11)21-15(23)16(17,18)19/h2-9H,1H3,(H,20,22)(H,21,23). The van der Waals surface area contributed by atoms with E-state index in [1.54, 1.807) is 23.5 Å². The minimum Gasteiger partial charge on any atom is -0.497 e. The van der Waals surface area contributed by atoms with Gasteiger partial charge in [-0.05, 0) is 36.4 Å². The molecule has 0 unspecified atom stereocenters. The number of carbonyl (C=O) groups is 2. The topological polar surface area (TPSA) is 67.4 Å². The first kappa shape index (κ1) is 17.3. The molecule has 0 heterocycles. The molecule has 0 saturated carbocycles. The van der Waals surface area contributed by atoms with Crippen molar-refractivity contribution in [3.05, 3.63) is 54.1 Å². The van der Waals surface area contributed by atoms with Crippen molar-refractivity contribution in [2.45, 2.75) is 6.18 Å². The summed E-state index contributed by atoms with van der Waals surface area (Å²) in [6.45, 7) is 0. The van der Waals surface area contributed by atoms with Crippen LogP contribution in [-0.2, 0) is 4.79 Å². The van der Waals surface area contributed by atoms with E-state index in [-0.39, 0.29) is 11.4 Å². The molecular formula is C16H13F3N2O3. The largest absolute Gasteiger partial charge is 0.497 e. The maximum absolute atomic E-state index is 12.2. The molecule has 0 saturated heterocycles. The molecule has 2 aromatic rings. The van der Waals surface area contributed by atoms with Gasteiger partial charge in [0.15, 0.2) is 0 Å². The van der Waals surface area contributed by atoms with Crippen molar-refractivity contribution >= 4 is 23.2 Å². The lowest BCUT2D eigenvalue weighted by molar-refractivity contribution is -0.167. The molecule has 8 heteroatoms. The quantitative estimate of drug-likeness (QED) is 0.897. The first-order valence-corrected chi connectivity index (χ1v) is 6.73. The Morgan fingerprint density at radius 1 is 0.958 bits per heavy atom. The zero-order valence-corrected chi connectivity index (χ0v) is 12.5. The average molecular weight is 338 g/mol. The number of ether oxygens (including phenoxy) is 1. The number of rotatable bonds is 4. The van der Waals surface area contributed by atoms with Crippen LogP contribution < -0.4 is 15.4 Å². The Morgan fingerprint density at radius 2 is 1.58 bits per heavy atom. The first-order chi connectivity index (χ1) is 11.3. The summed E-state index contributed by atoms with van der Waals surface area (Å²) < 4.78 is 41.7. The van der Waals surface area contributed by atoms with Gasteiger partial charge < -0.3 is 15.4 Å². The number of anilines is 2. The van der Waals surface area contributed by atoms with Crippen molar-refractivity contribution in [3.63, 3.8) is 0 Å². The van der Waals surface area contributed by atoms with Gasteiger partial charge in [0.1, 0.15) is 5.75 Å². The number of hydrogen-bond donors (Lipinski definition) is 2. The lowest BCUT2D eigenvalue weighted by Gasteiger charge is -2.10. The number of halogens is 3. The third-order valence-corrected chi connectivity index (χ3v) is 2.97. The van der Waals surface area contributed by atoms with E-state index in [0.717, 1.165) is 0 Å². The van der Waals surface area contributed by atoms with Gasteiger partial charge in [0.05, 0.1) is 7.11 Å². The highest BCUT2D eigenvalue weighted by atomic mass is 19.4. The van der Waals surface area contributed by atoms with Crippen LogP contribution in [0.25, 0.3) is 0 Å². The highest BCUT2D eigenvalue weighted by Gasteiger charge is 2.38. The van der Waals surface area contributed by atoms with Gasteiger partial charge in [0, 0.05) is 16.9 Å². The van der Waals surface area contributed by atoms with Crippen LogP contribution in [-0.4, -0.2) is 25.1 Å². The Morgan fingerprint density at radius 3 is 2.21 bits per heavy atom. The predicted molar refractivity (Wildman–Crippen MR) is 82.1 cm³/mol. The Bertz CT molecular complexity index is 760. The van der Waals surface area contributed by atoms with Crippen molar-refractivity contribution < 1.29 is 27.5 Å². The molecule has 2 rings (SSSR count). The molecule has 126 valence electrons. The zero-order valence-electron chi connectivity index (χ0n) is 12.5. The van der Waals surface area contributed by atoms with E-state index in [4.69, 9.17) is 4.74 Å². The summed E-state index contributed by atoms with van der Waals surface area (Å²) in [7, 11) is 1.46. The molecule has 2 N–H and O–H groups in total. The number of hydrogen-bond acceptors (Lipinski definition) is 3. The number of alkyl halides is 3. The third-order valence-electron chi connectivity index (χ3n) is 2.97. The smallest absolute Gasteiger partial charge is 0.471 e. The summed E-state index contributed by atoms with van der Waals surface area (Å²) in [5, 5.41) is 4.25. The van der Waals surface area contributed by atoms with Crippen LogP contribution in [0.5, 0.6) is 5.75 Å². The van der Waals surface area contributed by atoms with E-state index in [9.17, 15) is 22.8 Å². The van der Waals surface area contributed by atoms with Crippen LogP contribution in [0.15, 0.2) is 48.5 Å². The monoisotopic (exact) mass is 338 g/mol. The van der Waals surface area contributed by atoms with E-state index < -0.39 is 18.0 Å². The molecule has 2 amide bonds. The van der Waals surface area contributed by atoms with Crippen LogP contribution in [0.3, 0.4) is 0 Å². The van der Waals surface area contributed by atoms with Gasteiger partial charge in [-0.25, -0.2) is 0 Å². The SMILES string of the molecule is COc1cccc(C(=O)Nc2cccc(NC(=O)C(F)(F)F)c2)c1. The second-order valence-electron chi connectivity index (χ2n) is 4.72. The summed E-state index contributed by atoms with van der Waals surface area (Å²) in [6.07, 6.45) is -4.99. The van der Waals surface area contributed by atoms with E-state index in [0.29, 0.717) is 11.3 Å². The second kappa shape index (κ2) is 7.03. The van der Waals surface area contributed by atoms with Crippen molar-refractivity contribution in [3.8, 4) is 5.75 Å². The molecule has 0 aliphatic rings. The van der Waals surface area contributed by atoms with E-state index >= 15 is 0 Å². The second-order valence-corrected chi connectivity index (χ2v) is 4.72. The minimum atomic E-state index is -4.99. The van der Waals surface area contributed by atoms with Crippen molar-refractivity contribution in [2.24, 2.45) is 0 Å². The van der Waals surface area contributed by atoms with Gasteiger partial charge in [-0.15, -0.1) is 0 Å². The maximum Gasteiger partial charge on any atom is 0.471 e. The highest BCUT2D eigenvalue weighted by Crippen LogP contribution is 2.21. The molecule has 0 spiro atoms. The minimum absolute atomic E-state index is 0.0826. The summed E-state index contributed by atoms with van der Waals surface area (Å²) in [5.41, 5.74) is 0.475. The van der Waals surface area contributed by atoms with Crippen molar-refractivity contribution in [2.75, 3.05) is 17.7 Å². The molecule has 5 nitrogen and oxygen atoms in total. The lowest BCUT2D eigenvalue weighted by atomic mass is 10.2. The molecule has 0 fully saturated rings. The fourth-order valence-electron chi connectivity index (χ4n) is 1.84. The van der Waals surface area contributed by atoms with Crippen LogP contribution in [0.4, 0.5) is 24.5 Å². The van der Waals surface area contributed by atoms with Gasteiger partial charge >= 0.3 is 12.1 Å². The Balaban J connectivity index is 2.11. The summed E-state index contributed by atoms with van der Waals surface area (Å²) in [4.78, 5) is 23.1. The fraction of sp³-hybridized carbons (Fsp3) is 0.125. The normalized spacial score (nSPS) is 10.8. The maximum atomic E-state index is 12.2. The molecule has 0 bridgehead atoms. The first-order valence-electron chi connectivity index (χ1n) is 6.73. The van der Waals surface area contributed by atoms with Crippen LogP contribution in [0, 0.1) is 0 Å². The highest BCUT2D eigenvalue weighted by molar-refractivity contribution is 6.05. The zero-order chi connectivity index (χ0) is 17.7. The predicted octanol–water partition coefficient (Wildman–Crippen LogP) is 3.45. The van der Waals surface area contributed by atoms with Gasteiger partial charge in [-0.1, -0.05) is 12.1 Å². The van der Waals surface area contributed by atoms with Crippen molar-refractivity contribution in [1.29, 1.82) is 0 Å².